The van der Waals surface area contributed by atoms with Crippen LogP contribution in [0.15, 0.2) is 24.3 Å². The Balaban J connectivity index is 2.67. The molecule has 0 N–H and O–H groups in total. The van der Waals surface area contributed by atoms with Crippen molar-refractivity contribution in [2.45, 2.75) is 26.7 Å². The molecule has 4 heteroatoms. The van der Waals surface area contributed by atoms with Gasteiger partial charge in [-0.3, -0.25) is 9.59 Å². The maximum absolute atomic E-state index is 11.2. The van der Waals surface area contributed by atoms with Crippen LogP contribution in [0.3, 0.4) is 0 Å². The summed E-state index contributed by atoms with van der Waals surface area (Å²) in [6.45, 7) is 3.21. The highest BCUT2D eigenvalue weighted by Gasteiger charge is 2.05. The largest absolute Gasteiger partial charge is 0.427 e. The highest BCUT2D eigenvalue weighted by atomic mass is 16.5. The van der Waals surface area contributed by atoms with Crippen molar-refractivity contribution in [3.63, 3.8) is 0 Å². The molecule has 0 unspecified atom stereocenters. The Labute approximate surface area is 94.2 Å². The normalized spacial score (nSPS) is 9.62. The summed E-state index contributed by atoms with van der Waals surface area (Å²) in [5.74, 6) is 0.0611. The van der Waals surface area contributed by atoms with E-state index >= 15 is 0 Å². The smallest absolute Gasteiger partial charge is 0.311 e. The Kier molecular flexibility index (Phi) is 4.51. The number of carbonyl (C=O) groups is 2. The predicted octanol–water partition coefficient (Wildman–Crippen LogP) is 2.32. The molecule has 4 nitrogen and oxygen atoms in total. The average Bonchev–Trinajstić information content (AvgIpc) is 2.17. The van der Waals surface area contributed by atoms with Gasteiger partial charge in [0, 0.05) is 19.4 Å². The number of hydrogen-bond acceptors (Lipinski definition) is 4. The molecule has 0 aromatic heterocycles. The van der Waals surface area contributed by atoms with Crippen molar-refractivity contribution in [3.8, 4) is 11.5 Å². The molecular formula is C12H14O4. The van der Waals surface area contributed by atoms with Crippen molar-refractivity contribution in [1.82, 2.24) is 0 Å². The van der Waals surface area contributed by atoms with Crippen molar-refractivity contribution in [1.29, 1.82) is 0 Å². The third-order valence-corrected chi connectivity index (χ3v) is 1.75. The van der Waals surface area contributed by atoms with Crippen molar-refractivity contribution < 1.29 is 19.1 Å². The van der Waals surface area contributed by atoms with Crippen LogP contribution in [0.1, 0.15) is 26.7 Å². The topological polar surface area (TPSA) is 52.6 Å². The number of esters is 2. The van der Waals surface area contributed by atoms with Crippen LogP contribution < -0.4 is 9.47 Å². The van der Waals surface area contributed by atoms with Gasteiger partial charge >= 0.3 is 11.9 Å². The zero-order valence-corrected chi connectivity index (χ0v) is 9.36. The van der Waals surface area contributed by atoms with Gasteiger partial charge in [0.2, 0.25) is 0 Å². The Morgan fingerprint density at radius 3 is 2.38 bits per heavy atom. The maximum Gasteiger partial charge on any atom is 0.311 e. The minimum absolute atomic E-state index is 0.289. The third-order valence-electron chi connectivity index (χ3n) is 1.75. The Bertz CT molecular complexity index is 384. The fourth-order valence-electron chi connectivity index (χ4n) is 1.15. The molecule has 0 heterocycles. The van der Waals surface area contributed by atoms with Gasteiger partial charge in [-0.1, -0.05) is 13.0 Å². The van der Waals surface area contributed by atoms with E-state index in [4.69, 9.17) is 9.47 Å². The number of rotatable bonds is 4. The minimum atomic E-state index is -0.406. The van der Waals surface area contributed by atoms with E-state index in [0.717, 1.165) is 6.42 Å². The van der Waals surface area contributed by atoms with Gasteiger partial charge in [0.25, 0.3) is 0 Å². The monoisotopic (exact) mass is 222 g/mol. The zero-order chi connectivity index (χ0) is 12.0. The molecule has 0 atom stereocenters. The SMILES string of the molecule is CCCC(=O)Oc1cccc(OC(C)=O)c1. The van der Waals surface area contributed by atoms with Crippen LogP contribution in [0.4, 0.5) is 0 Å². The molecule has 16 heavy (non-hydrogen) atoms. The van der Waals surface area contributed by atoms with Crippen LogP contribution in [0.25, 0.3) is 0 Å². The Hall–Kier alpha value is -1.84. The Morgan fingerprint density at radius 1 is 1.19 bits per heavy atom. The summed E-state index contributed by atoms with van der Waals surface area (Å²) >= 11 is 0. The summed E-state index contributed by atoms with van der Waals surface area (Å²) in [5, 5.41) is 0. The highest BCUT2D eigenvalue weighted by molar-refractivity contribution is 5.73. The van der Waals surface area contributed by atoms with Gasteiger partial charge in [-0.25, -0.2) is 0 Å². The number of ether oxygens (including phenoxy) is 2. The number of hydrogen-bond donors (Lipinski definition) is 0. The lowest BCUT2D eigenvalue weighted by Gasteiger charge is -2.05. The molecule has 0 fully saturated rings. The van der Waals surface area contributed by atoms with E-state index in [0.29, 0.717) is 17.9 Å². The second kappa shape index (κ2) is 5.90. The van der Waals surface area contributed by atoms with Crippen molar-refractivity contribution in [2.75, 3.05) is 0 Å². The fraction of sp³-hybridized carbons (Fsp3) is 0.333. The van der Waals surface area contributed by atoms with Gasteiger partial charge in [-0.05, 0) is 18.6 Å². The summed E-state index contributed by atoms with van der Waals surface area (Å²) in [4.78, 5) is 21.9. The molecule has 0 amide bonds. The second-order valence-electron chi connectivity index (χ2n) is 3.29. The predicted molar refractivity (Wildman–Crippen MR) is 58.3 cm³/mol. The van der Waals surface area contributed by atoms with Gasteiger partial charge in [0.1, 0.15) is 11.5 Å². The molecule has 0 aliphatic rings. The van der Waals surface area contributed by atoms with Crippen molar-refractivity contribution >= 4 is 11.9 Å². The molecular weight excluding hydrogens is 208 g/mol. The number of benzene rings is 1. The van der Waals surface area contributed by atoms with Crippen LogP contribution in [-0.2, 0) is 9.59 Å². The summed E-state index contributed by atoms with van der Waals surface area (Å²) in [7, 11) is 0. The van der Waals surface area contributed by atoms with Crippen LogP contribution in [-0.4, -0.2) is 11.9 Å². The van der Waals surface area contributed by atoms with Crippen LogP contribution in [0.5, 0.6) is 11.5 Å². The van der Waals surface area contributed by atoms with Gasteiger partial charge in [0.05, 0.1) is 0 Å². The van der Waals surface area contributed by atoms with Crippen LogP contribution >= 0.6 is 0 Å². The lowest BCUT2D eigenvalue weighted by Crippen LogP contribution is -2.07. The molecule has 1 aromatic rings. The summed E-state index contributed by atoms with van der Waals surface area (Å²) in [6, 6.07) is 6.43. The first-order chi connectivity index (χ1) is 7.61. The van der Waals surface area contributed by atoms with Crippen LogP contribution in [0.2, 0.25) is 0 Å². The summed E-state index contributed by atoms with van der Waals surface area (Å²) < 4.78 is 9.91. The minimum Gasteiger partial charge on any atom is -0.427 e. The van der Waals surface area contributed by atoms with E-state index in [9.17, 15) is 9.59 Å². The van der Waals surface area contributed by atoms with E-state index in [1.165, 1.54) is 13.0 Å². The summed E-state index contributed by atoms with van der Waals surface area (Å²) in [5.41, 5.74) is 0. The zero-order valence-electron chi connectivity index (χ0n) is 9.36. The highest BCUT2D eigenvalue weighted by Crippen LogP contribution is 2.19. The van der Waals surface area contributed by atoms with E-state index in [1.54, 1.807) is 18.2 Å². The summed E-state index contributed by atoms with van der Waals surface area (Å²) in [6.07, 6.45) is 1.11. The van der Waals surface area contributed by atoms with E-state index in [2.05, 4.69) is 0 Å². The fourth-order valence-corrected chi connectivity index (χ4v) is 1.15. The van der Waals surface area contributed by atoms with Crippen molar-refractivity contribution in [2.24, 2.45) is 0 Å². The Morgan fingerprint density at radius 2 is 1.81 bits per heavy atom. The van der Waals surface area contributed by atoms with Crippen molar-refractivity contribution in [3.05, 3.63) is 24.3 Å². The quantitative estimate of drug-likeness (QED) is 0.579. The molecule has 0 bridgehead atoms. The lowest BCUT2D eigenvalue weighted by atomic mass is 10.3. The molecule has 1 rings (SSSR count). The first kappa shape index (κ1) is 12.2. The van der Waals surface area contributed by atoms with E-state index in [1.807, 2.05) is 6.92 Å². The van der Waals surface area contributed by atoms with Gasteiger partial charge in [-0.15, -0.1) is 0 Å². The molecule has 0 saturated heterocycles. The van der Waals surface area contributed by atoms with E-state index < -0.39 is 5.97 Å². The standard InChI is InChI=1S/C12H14O4/c1-3-5-12(14)16-11-7-4-6-10(8-11)15-9(2)13/h4,6-8H,3,5H2,1-2H3. The molecule has 0 radical (unpaired) electrons. The van der Waals surface area contributed by atoms with Gasteiger partial charge < -0.3 is 9.47 Å². The second-order valence-corrected chi connectivity index (χ2v) is 3.29. The molecule has 0 spiro atoms. The van der Waals surface area contributed by atoms with Crippen LogP contribution in [0, 0.1) is 0 Å². The molecule has 0 saturated carbocycles. The average molecular weight is 222 g/mol. The maximum atomic E-state index is 11.2. The molecule has 1 aromatic carbocycles. The first-order valence-electron chi connectivity index (χ1n) is 5.11. The van der Waals surface area contributed by atoms with Gasteiger partial charge in [0.15, 0.2) is 0 Å². The molecule has 0 aliphatic carbocycles. The van der Waals surface area contributed by atoms with Gasteiger partial charge in [-0.2, -0.15) is 0 Å². The van der Waals surface area contributed by atoms with E-state index in [-0.39, 0.29) is 5.97 Å². The third kappa shape index (κ3) is 4.13. The molecule has 0 aliphatic heterocycles. The lowest BCUT2D eigenvalue weighted by molar-refractivity contribution is -0.134. The number of carbonyl (C=O) groups excluding carboxylic acids is 2. The first-order valence-corrected chi connectivity index (χ1v) is 5.11. The molecule has 86 valence electrons.